The summed E-state index contributed by atoms with van der Waals surface area (Å²) in [5.74, 6) is 0.753. The summed E-state index contributed by atoms with van der Waals surface area (Å²) in [5.41, 5.74) is 14.3. The number of aromatic hydroxyl groups is 1. The molecule has 1 aliphatic rings. The second-order valence-electron chi connectivity index (χ2n) is 16.5. The van der Waals surface area contributed by atoms with Crippen LogP contribution in [0.3, 0.4) is 0 Å². The summed E-state index contributed by atoms with van der Waals surface area (Å²) in [6.07, 6.45) is 7.79. The van der Waals surface area contributed by atoms with Gasteiger partial charge in [0, 0.05) is 61.7 Å². The van der Waals surface area contributed by atoms with E-state index >= 15 is 0 Å². The lowest BCUT2D eigenvalue weighted by Gasteiger charge is -2.30. The van der Waals surface area contributed by atoms with Crippen LogP contribution in [0.25, 0.3) is 65.8 Å². The summed E-state index contributed by atoms with van der Waals surface area (Å²) >= 11 is 0. The Morgan fingerprint density at radius 3 is 2.07 bits per heavy atom. The fraction of sp³-hybridized carbons (Fsp3) is 0.107. The molecule has 1 atom stereocenters. The molecule has 11 rings (SSSR count). The molecule has 1 unspecified atom stereocenters. The van der Waals surface area contributed by atoms with Gasteiger partial charge < -0.3 is 23.7 Å². The molecule has 0 fully saturated rings. The maximum Gasteiger partial charge on any atom is 0.159 e. The number of hydrogen-bond acceptors (Lipinski definition) is 5. The van der Waals surface area contributed by atoms with E-state index in [4.69, 9.17) is 8.83 Å². The smallest absolute Gasteiger partial charge is 0.159 e. The molecule has 0 saturated carbocycles. The predicted molar refractivity (Wildman–Crippen MR) is 254 cm³/mol. The Balaban J connectivity index is 1.11. The lowest BCUT2D eigenvalue weighted by atomic mass is 9.97. The number of benzene rings is 8. The van der Waals surface area contributed by atoms with Crippen LogP contribution >= 0.6 is 0 Å². The number of aryl methyl sites for hydroxylation is 3. The third kappa shape index (κ3) is 6.07. The van der Waals surface area contributed by atoms with E-state index < -0.39 is 0 Å². The SMILES string of the molecule is Cc1ccc(N(c2ccc3c(c2)oc2cc(N(C4=CCC(C)C=C4)c4cccc(-c5cccc(C)c5O)c4)c4ccccc4c23)c2cccc3c2oc2c(C)cccc23)cc1. The van der Waals surface area contributed by atoms with E-state index in [9.17, 15) is 5.11 Å². The Bertz CT molecular complexity index is 3420. The number of fused-ring (bicyclic) bond motifs is 8. The number of anilines is 5. The van der Waals surface area contributed by atoms with Crippen LogP contribution in [0.15, 0.2) is 184 Å². The van der Waals surface area contributed by atoms with Crippen molar-refractivity contribution in [2.24, 2.45) is 5.92 Å². The lowest BCUT2D eigenvalue weighted by molar-refractivity contribution is 0.473. The Labute approximate surface area is 354 Å². The Morgan fingerprint density at radius 1 is 0.541 bits per heavy atom. The van der Waals surface area contributed by atoms with Crippen LogP contribution in [0.2, 0.25) is 0 Å². The number of para-hydroxylation sites is 3. The highest BCUT2D eigenvalue weighted by atomic mass is 16.3. The molecule has 8 aromatic carbocycles. The molecule has 0 saturated heterocycles. The minimum absolute atomic E-state index is 0.302. The van der Waals surface area contributed by atoms with Gasteiger partial charge in [-0.1, -0.05) is 122 Å². The van der Waals surface area contributed by atoms with Gasteiger partial charge in [-0.15, -0.1) is 0 Å². The molecule has 0 bridgehead atoms. The van der Waals surface area contributed by atoms with Crippen LogP contribution in [-0.4, -0.2) is 5.11 Å². The fourth-order valence-electron chi connectivity index (χ4n) is 9.19. The zero-order valence-electron chi connectivity index (χ0n) is 34.6. The second-order valence-corrected chi connectivity index (χ2v) is 16.5. The summed E-state index contributed by atoms with van der Waals surface area (Å²) in [4.78, 5) is 4.62. The van der Waals surface area contributed by atoms with Crippen LogP contribution in [0.4, 0.5) is 28.4 Å². The second kappa shape index (κ2) is 14.4. The van der Waals surface area contributed by atoms with Crippen molar-refractivity contribution in [1.82, 2.24) is 0 Å². The first-order chi connectivity index (χ1) is 29.8. The van der Waals surface area contributed by atoms with Gasteiger partial charge in [-0.2, -0.15) is 0 Å². The maximum atomic E-state index is 11.1. The molecule has 5 heteroatoms. The van der Waals surface area contributed by atoms with E-state index in [0.29, 0.717) is 11.7 Å². The van der Waals surface area contributed by atoms with Gasteiger partial charge in [0.15, 0.2) is 5.58 Å². The first-order valence-electron chi connectivity index (χ1n) is 21.0. The average molecular weight is 793 g/mol. The van der Waals surface area contributed by atoms with Crippen molar-refractivity contribution in [1.29, 1.82) is 0 Å². The molecular weight excluding hydrogens is 749 g/mol. The highest BCUT2D eigenvalue weighted by Gasteiger charge is 2.25. The van der Waals surface area contributed by atoms with Crippen LogP contribution in [-0.2, 0) is 0 Å². The number of rotatable bonds is 7. The molecule has 296 valence electrons. The van der Waals surface area contributed by atoms with Crippen LogP contribution in [0.5, 0.6) is 5.75 Å². The standard InChI is InChI=1S/C56H44N2O3/c1-34-21-25-39(26-22-34)57(49-20-10-19-47-46-18-8-12-37(4)55(46)61-56(47)49)42-29-30-48-51(32-42)60-52-33-50(44-15-5-6-16-45(44)53(48)52)58(40-27-23-35(2)24-28-40)41-14-9-13-38(31-41)43-17-7-11-36(3)54(43)59/h5-23,25-33,35,59H,24H2,1-4H3. The van der Waals surface area contributed by atoms with E-state index in [-0.39, 0.29) is 0 Å². The van der Waals surface area contributed by atoms with E-state index in [0.717, 1.165) is 117 Å². The summed E-state index contributed by atoms with van der Waals surface area (Å²) in [6.45, 7) is 8.40. The van der Waals surface area contributed by atoms with Crippen molar-refractivity contribution in [3.8, 4) is 16.9 Å². The number of nitrogens with zero attached hydrogens (tertiary/aromatic N) is 2. The van der Waals surface area contributed by atoms with Gasteiger partial charge in [-0.25, -0.2) is 0 Å². The molecule has 5 nitrogen and oxygen atoms in total. The Kier molecular flexibility index (Phi) is 8.60. The van der Waals surface area contributed by atoms with Crippen molar-refractivity contribution in [3.63, 3.8) is 0 Å². The van der Waals surface area contributed by atoms with Gasteiger partial charge in [-0.3, -0.25) is 0 Å². The summed E-state index contributed by atoms with van der Waals surface area (Å²) in [5, 5.41) is 17.7. The van der Waals surface area contributed by atoms with Crippen molar-refractivity contribution in [2.75, 3.05) is 9.80 Å². The maximum absolute atomic E-state index is 11.1. The fourth-order valence-corrected chi connectivity index (χ4v) is 9.19. The van der Waals surface area contributed by atoms with Gasteiger partial charge in [0.05, 0.1) is 17.1 Å². The monoisotopic (exact) mass is 792 g/mol. The van der Waals surface area contributed by atoms with Gasteiger partial charge in [0.2, 0.25) is 0 Å². The molecule has 0 spiro atoms. The quantitative estimate of drug-likeness (QED) is 0.174. The first-order valence-corrected chi connectivity index (χ1v) is 21.0. The number of furan rings is 2. The number of phenolic OH excluding ortho intramolecular Hbond substituents is 1. The lowest BCUT2D eigenvalue weighted by Crippen LogP contribution is -2.17. The number of hydrogen-bond donors (Lipinski definition) is 1. The molecular formula is C56H44N2O3. The van der Waals surface area contributed by atoms with Gasteiger partial charge in [0.25, 0.3) is 0 Å². The van der Waals surface area contributed by atoms with Gasteiger partial charge >= 0.3 is 0 Å². The molecule has 2 aromatic heterocycles. The zero-order valence-corrected chi connectivity index (χ0v) is 34.6. The van der Waals surface area contributed by atoms with E-state index in [1.807, 2.05) is 25.1 Å². The van der Waals surface area contributed by atoms with Crippen LogP contribution < -0.4 is 9.80 Å². The minimum Gasteiger partial charge on any atom is -0.507 e. The van der Waals surface area contributed by atoms with Crippen LogP contribution in [0.1, 0.15) is 30.0 Å². The Hall–Kier alpha value is -7.50. The van der Waals surface area contributed by atoms with E-state index in [1.165, 1.54) is 5.56 Å². The van der Waals surface area contributed by atoms with Crippen LogP contribution in [0, 0.1) is 26.7 Å². The molecule has 61 heavy (non-hydrogen) atoms. The van der Waals surface area contributed by atoms with Crippen molar-refractivity contribution in [2.45, 2.75) is 34.1 Å². The Morgan fingerprint density at radius 2 is 1.25 bits per heavy atom. The topological polar surface area (TPSA) is 53.0 Å². The summed E-state index contributed by atoms with van der Waals surface area (Å²) in [6, 6.07) is 53.2. The summed E-state index contributed by atoms with van der Waals surface area (Å²) in [7, 11) is 0. The normalized spacial score (nSPS) is 14.1. The van der Waals surface area contributed by atoms with Crippen molar-refractivity contribution < 1.29 is 13.9 Å². The number of phenols is 1. The average Bonchev–Trinajstić information content (AvgIpc) is 3.86. The van der Waals surface area contributed by atoms with Gasteiger partial charge in [-0.05, 0) is 104 Å². The summed E-state index contributed by atoms with van der Waals surface area (Å²) < 4.78 is 13.7. The molecule has 1 aliphatic carbocycles. The van der Waals surface area contributed by atoms with Gasteiger partial charge in [0.1, 0.15) is 22.5 Å². The third-order valence-electron chi connectivity index (χ3n) is 12.4. The highest BCUT2D eigenvalue weighted by Crippen LogP contribution is 2.47. The molecule has 10 aromatic rings. The zero-order chi connectivity index (χ0) is 41.4. The van der Waals surface area contributed by atoms with E-state index in [1.54, 1.807) is 0 Å². The molecule has 0 amide bonds. The first kappa shape index (κ1) is 36.6. The molecule has 0 radical (unpaired) electrons. The van der Waals surface area contributed by atoms with Crippen molar-refractivity contribution in [3.05, 3.63) is 192 Å². The molecule has 1 N–H and O–H groups in total. The van der Waals surface area contributed by atoms with E-state index in [2.05, 4.69) is 182 Å². The predicted octanol–water partition coefficient (Wildman–Crippen LogP) is 16.0. The minimum atomic E-state index is 0.302. The largest absolute Gasteiger partial charge is 0.507 e. The molecule has 2 heterocycles. The third-order valence-corrected chi connectivity index (χ3v) is 12.4. The molecule has 0 aliphatic heterocycles. The van der Waals surface area contributed by atoms with Crippen molar-refractivity contribution >= 4 is 83.1 Å². The number of allylic oxidation sites excluding steroid dienone is 3. The highest BCUT2D eigenvalue weighted by molar-refractivity contribution is 6.23.